The number of carbonyl (C=O) groups is 1. The van der Waals surface area contributed by atoms with E-state index >= 15 is 0 Å². The molecule has 0 atom stereocenters. The molecule has 1 saturated heterocycles. The van der Waals surface area contributed by atoms with Gasteiger partial charge in [-0.3, -0.25) is 9.36 Å². The Balaban J connectivity index is 1.60. The zero-order valence-corrected chi connectivity index (χ0v) is 16.2. The van der Waals surface area contributed by atoms with E-state index in [1.54, 1.807) is 18.0 Å². The minimum absolute atomic E-state index is 0.168. The molecule has 0 spiro atoms. The van der Waals surface area contributed by atoms with Crippen molar-refractivity contribution < 1.29 is 4.79 Å². The highest BCUT2D eigenvalue weighted by Gasteiger charge is 2.24. The van der Waals surface area contributed by atoms with E-state index in [4.69, 9.17) is 11.6 Å². The number of hydrogen-bond donors (Lipinski definition) is 0. The Bertz CT molecular complexity index is 929. The summed E-state index contributed by atoms with van der Waals surface area (Å²) in [6.07, 6.45) is 3.25. The second-order valence-electron chi connectivity index (χ2n) is 6.26. The molecule has 0 aliphatic carbocycles. The zero-order chi connectivity index (χ0) is 18.6. The minimum Gasteiger partial charge on any atom is -0.335 e. The van der Waals surface area contributed by atoms with Crippen LogP contribution in [0.15, 0.2) is 53.8 Å². The molecule has 1 fully saturated rings. The number of pyridine rings is 1. The lowest BCUT2D eigenvalue weighted by molar-refractivity contribution is -0.128. The Morgan fingerprint density at radius 3 is 2.67 bits per heavy atom. The molecule has 138 valence electrons. The molecule has 0 unspecified atom stereocenters. The summed E-state index contributed by atoms with van der Waals surface area (Å²) in [6.45, 7) is 1.21. The summed E-state index contributed by atoms with van der Waals surface area (Å²) >= 11 is 7.54. The van der Waals surface area contributed by atoms with Crippen LogP contribution in [0.1, 0.15) is 24.2 Å². The van der Waals surface area contributed by atoms with Crippen molar-refractivity contribution in [2.24, 2.45) is 0 Å². The van der Waals surface area contributed by atoms with Gasteiger partial charge >= 0.3 is 0 Å². The molecule has 1 aliphatic rings. The Labute approximate surface area is 166 Å². The molecule has 8 heteroatoms. The second-order valence-corrected chi connectivity index (χ2v) is 7.64. The quantitative estimate of drug-likeness (QED) is 0.591. The Kier molecular flexibility index (Phi) is 5.40. The van der Waals surface area contributed by atoms with Crippen molar-refractivity contribution in [3.05, 3.63) is 65.1 Å². The van der Waals surface area contributed by atoms with Crippen LogP contribution in [0.5, 0.6) is 0 Å². The van der Waals surface area contributed by atoms with Gasteiger partial charge in [0.25, 0.3) is 0 Å². The molecule has 2 aromatic heterocycles. The molecule has 0 saturated carbocycles. The lowest BCUT2D eigenvalue weighted by Gasteiger charge is -2.16. The van der Waals surface area contributed by atoms with Crippen molar-refractivity contribution >= 4 is 29.3 Å². The monoisotopic (exact) mass is 399 g/mol. The van der Waals surface area contributed by atoms with E-state index in [1.807, 2.05) is 51.9 Å². The number of rotatable bonds is 6. The van der Waals surface area contributed by atoms with Crippen LogP contribution in [-0.2, 0) is 17.1 Å². The van der Waals surface area contributed by atoms with Gasteiger partial charge in [0.1, 0.15) is 5.82 Å². The first kappa shape index (κ1) is 18.0. The Hall–Kier alpha value is -2.38. The van der Waals surface area contributed by atoms with Crippen molar-refractivity contribution in [2.75, 3.05) is 6.54 Å². The van der Waals surface area contributed by atoms with Crippen LogP contribution >= 0.6 is 23.4 Å². The van der Waals surface area contributed by atoms with Crippen molar-refractivity contribution in [1.29, 1.82) is 0 Å². The van der Waals surface area contributed by atoms with E-state index < -0.39 is 0 Å². The number of likely N-dealkylation sites (tertiary alicyclic amines) is 1. The van der Waals surface area contributed by atoms with Gasteiger partial charge in [-0.25, -0.2) is 4.98 Å². The Morgan fingerprint density at radius 2 is 1.96 bits per heavy atom. The van der Waals surface area contributed by atoms with Crippen molar-refractivity contribution in [2.45, 2.75) is 30.3 Å². The summed E-state index contributed by atoms with van der Waals surface area (Å²) in [5.74, 6) is 2.39. The highest BCUT2D eigenvalue weighted by atomic mass is 35.5. The standard InChI is InChI=1S/C19H18ClN5OS/c20-15-8-6-14(7-9-15)13-27-19-23-22-17(12-24-11-3-5-18(24)26)25(19)16-4-1-2-10-21-16/h1-2,4,6-10H,3,5,11-13H2. The first-order chi connectivity index (χ1) is 13.2. The van der Waals surface area contributed by atoms with Crippen molar-refractivity contribution in [3.8, 4) is 5.82 Å². The highest BCUT2D eigenvalue weighted by Crippen LogP contribution is 2.26. The maximum Gasteiger partial charge on any atom is 0.223 e. The molecule has 0 radical (unpaired) electrons. The van der Waals surface area contributed by atoms with Crippen LogP contribution in [0.4, 0.5) is 0 Å². The van der Waals surface area contributed by atoms with Gasteiger partial charge in [0.2, 0.25) is 5.91 Å². The van der Waals surface area contributed by atoms with Gasteiger partial charge in [0.15, 0.2) is 11.0 Å². The van der Waals surface area contributed by atoms with Gasteiger partial charge in [0.05, 0.1) is 6.54 Å². The van der Waals surface area contributed by atoms with E-state index in [0.717, 1.165) is 46.1 Å². The zero-order valence-electron chi connectivity index (χ0n) is 14.6. The molecular weight excluding hydrogens is 382 g/mol. The van der Waals surface area contributed by atoms with Gasteiger partial charge in [0, 0.05) is 29.9 Å². The molecule has 4 rings (SSSR count). The number of nitrogens with zero attached hydrogens (tertiary/aromatic N) is 5. The Morgan fingerprint density at radius 1 is 1.11 bits per heavy atom. The summed E-state index contributed by atoms with van der Waals surface area (Å²) in [6, 6.07) is 13.5. The van der Waals surface area contributed by atoms with Gasteiger partial charge < -0.3 is 4.90 Å². The summed E-state index contributed by atoms with van der Waals surface area (Å²) < 4.78 is 1.94. The maximum absolute atomic E-state index is 12.0. The number of thioether (sulfide) groups is 1. The summed E-state index contributed by atoms with van der Waals surface area (Å²) in [4.78, 5) is 18.3. The average molecular weight is 400 g/mol. The number of aromatic nitrogens is 4. The summed E-state index contributed by atoms with van der Waals surface area (Å²) in [7, 11) is 0. The van der Waals surface area contributed by atoms with Crippen LogP contribution in [0.25, 0.3) is 5.82 Å². The fourth-order valence-corrected chi connectivity index (χ4v) is 4.02. The van der Waals surface area contributed by atoms with E-state index in [0.29, 0.717) is 13.0 Å². The van der Waals surface area contributed by atoms with E-state index in [9.17, 15) is 4.79 Å². The van der Waals surface area contributed by atoms with Crippen LogP contribution in [0.3, 0.4) is 0 Å². The average Bonchev–Trinajstić information content (AvgIpc) is 3.28. The lowest BCUT2D eigenvalue weighted by atomic mass is 10.2. The van der Waals surface area contributed by atoms with Crippen LogP contribution in [0, 0.1) is 0 Å². The number of halogens is 1. The molecule has 27 heavy (non-hydrogen) atoms. The number of carbonyl (C=O) groups excluding carboxylic acids is 1. The van der Waals surface area contributed by atoms with Crippen LogP contribution in [0.2, 0.25) is 5.02 Å². The van der Waals surface area contributed by atoms with Gasteiger partial charge in [-0.2, -0.15) is 0 Å². The normalized spacial score (nSPS) is 14.1. The fraction of sp³-hybridized carbons (Fsp3) is 0.263. The van der Waals surface area contributed by atoms with Gasteiger partial charge in [-0.05, 0) is 36.2 Å². The van der Waals surface area contributed by atoms with E-state index in [1.165, 1.54) is 0 Å². The van der Waals surface area contributed by atoms with E-state index in [2.05, 4.69) is 15.2 Å². The summed E-state index contributed by atoms with van der Waals surface area (Å²) in [5, 5.41) is 10.2. The third kappa shape index (κ3) is 4.14. The summed E-state index contributed by atoms with van der Waals surface area (Å²) in [5.41, 5.74) is 1.15. The molecule has 3 heterocycles. The van der Waals surface area contributed by atoms with Gasteiger partial charge in [-0.15, -0.1) is 10.2 Å². The maximum atomic E-state index is 12.0. The second kappa shape index (κ2) is 8.10. The highest BCUT2D eigenvalue weighted by molar-refractivity contribution is 7.98. The molecule has 6 nitrogen and oxygen atoms in total. The van der Waals surface area contributed by atoms with E-state index in [-0.39, 0.29) is 5.91 Å². The predicted octanol–water partition coefficient (Wildman–Crippen LogP) is 3.73. The van der Waals surface area contributed by atoms with Crippen LogP contribution in [-0.4, -0.2) is 37.1 Å². The number of amides is 1. The lowest BCUT2D eigenvalue weighted by Crippen LogP contribution is -2.25. The molecule has 0 N–H and O–H groups in total. The van der Waals surface area contributed by atoms with Crippen LogP contribution < -0.4 is 0 Å². The molecule has 1 amide bonds. The SMILES string of the molecule is O=C1CCCN1Cc1nnc(SCc2ccc(Cl)cc2)n1-c1ccccn1. The first-order valence-electron chi connectivity index (χ1n) is 8.71. The molecule has 1 aliphatic heterocycles. The predicted molar refractivity (Wildman–Crippen MR) is 105 cm³/mol. The minimum atomic E-state index is 0.168. The smallest absolute Gasteiger partial charge is 0.223 e. The third-order valence-electron chi connectivity index (χ3n) is 4.36. The third-order valence-corrected chi connectivity index (χ3v) is 5.62. The largest absolute Gasteiger partial charge is 0.335 e. The fourth-order valence-electron chi connectivity index (χ4n) is 2.98. The van der Waals surface area contributed by atoms with Crippen molar-refractivity contribution in [3.63, 3.8) is 0 Å². The molecular formula is C19H18ClN5OS. The first-order valence-corrected chi connectivity index (χ1v) is 10.1. The molecule has 1 aromatic carbocycles. The topological polar surface area (TPSA) is 63.9 Å². The molecule has 0 bridgehead atoms. The van der Waals surface area contributed by atoms with Gasteiger partial charge in [-0.1, -0.05) is 41.6 Å². The number of hydrogen-bond acceptors (Lipinski definition) is 5. The molecule has 3 aromatic rings. The number of benzene rings is 1. The van der Waals surface area contributed by atoms with Crippen molar-refractivity contribution in [1.82, 2.24) is 24.6 Å².